The molecule has 136 valence electrons. The predicted molar refractivity (Wildman–Crippen MR) is 110 cm³/mol. The topological polar surface area (TPSA) is 52.6 Å². The number of thioether (sulfide) groups is 1. The Morgan fingerprint density at radius 2 is 1.74 bits per heavy atom. The van der Waals surface area contributed by atoms with Gasteiger partial charge in [0, 0.05) is 21.6 Å². The standard InChI is InChI=1S/C21H16O4S2/c1-24-15-5-3-12-7-14(11-26-18(12)9-15)20(22)17-8-13-4-6-16(25-2)10-19(13)27-21(17)23/h3-6,8-11H,7H2,1-2H3. The number of ether oxygens (including phenoxy) is 2. The molecule has 27 heavy (non-hydrogen) atoms. The van der Waals surface area contributed by atoms with E-state index >= 15 is 0 Å². The summed E-state index contributed by atoms with van der Waals surface area (Å²) in [5, 5.41) is 2.70. The lowest BCUT2D eigenvalue weighted by atomic mass is 9.98. The van der Waals surface area contributed by atoms with Crippen LogP contribution in [-0.4, -0.2) is 20.0 Å². The highest BCUT2D eigenvalue weighted by atomic mass is 32.2. The van der Waals surface area contributed by atoms with Crippen LogP contribution in [0.25, 0.3) is 10.1 Å². The molecule has 0 N–H and O–H groups in total. The van der Waals surface area contributed by atoms with E-state index < -0.39 is 0 Å². The van der Waals surface area contributed by atoms with Crippen LogP contribution < -0.4 is 14.2 Å². The van der Waals surface area contributed by atoms with Crippen molar-refractivity contribution < 1.29 is 14.3 Å². The summed E-state index contributed by atoms with van der Waals surface area (Å²) in [4.78, 5) is 26.6. The number of fused-ring (bicyclic) bond motifs is 2. The van der Waals surface area contributed by atoms with Gasteiger partial charge < -0.3 is 9.47 Å². The zero-order valence-corrected chi connectivity index (χ0v) is 16.4. The summed E-state index contributed by atoms with van der Waals surface area (Å²) in [6, 6.07) is 13.0. The molecular weight excluding hydrogens is 380 g/mol. The van der Waals surface area contributed by atoms with Gasteiger partial charge in [0.15, 0.2) is 5.78 Å². The molecule has 1 aromatic heterocycles. The first kappa shape index (κ1) is 17.8. The van der Waals surface area contributed by atoms with Crippen molar-refractivity contribution in [1.29, 1.82) is 0 Å². The number of carbonyl (C=O) groups is 1. The Hall–Kier alpha value is -2.57. The summed E-state index contributed by atoms with van der Waals surface area (Å²) < 4.78 is 11.0. The second kappa shape index (κ2) is 7.21. The molecule has 4 nitrogen and oxygen atoms in total. The SMILES string of the molecule is COc1ccc2c(c1)SC=C(C(=O)c1cc3ccc(OC)cc3sc1=O)C2. The van der Waals surface area contributed by atoms with E-state index in [0.29, 0.717) is 17.7 Å². The molecule has 0 saturated heterocycles. The first-order valence-corrected chi connectivity index (χ1v) is 9.98. The van der Waals surface area contributed by atoms with Crippen LogP contribution in [0.1, 0.15) is 15.9 Å². The first-order chi connectivity index (χ1) is 13.1. The molecule has 6 heteroatoms. The normalized spacial score (nSPS) is 13.0. The Morgan fingerprint density at radius 1 is 1.00 bits per heavy atom. The van der Waals surface area contributed by atoms with Crippen LogP contribution in [0.5, 0.6) is 11.5 Å². The maximum absolute atomic E-state index is 13.0. The predicted octanol–water partition coefficient (Wildman–Crippen LogP) is 4.69. The third kappa shape index (κ3) is 3.38. The smallest absolute Gasteiger partial charge is 0.244 e. The van der Waals surface area contributed by atoms with Crippen LogP contribution in [0, 0.1) is 0 Å². The van der Waals surface area contributed by atoms with Crippen LogP contribution in [0.15, 0.2) is 63.1 Å². The molecule has 0 radical (unpaired) electrons. The molecule has 0 unspecified atom stereocenters. The average molecular weight is 396 g/mol. The number of Topliss-reactive ketones (excluding diaryl/α,β-unsaturated/α-hetero) is 1. The zero-order valence-electron chi connectivity index (χ0n) is 14.8. The third-order valence-electron chi connectivity index (χ3n) is 4.46. The Morgan fingerprint density at radius 3 is 2.52 bits per heavy atom. The summed E-state index contributed by atoms with van der Waals surface area (Å²) >= 11 is 2.56. The van der Waals surface area contributed by atoms with Crippen LogP contribution in [-0.2, 0) is 6.42 Å². The number of carbonyl (C=O) groups excluding carboxylic acids is 1. The Labute approximate surface area is 164 Å². The molecule has 1 aliphatic rings. The van der Waals surface area contributed by atoms with Crippen LogP contribution in [0.2, 0.25) is 0 Å². The fourth-order valence-corrected chi connectivity index (χ4v) is 4.80. The fraction of sp³-hybridized carbons (Fsp3) is 0.143. The minimum atomic E-state index is -0.229. The van der Waals surface area contributed by atoms with E-state index in [1.165, 1.54) is 11.8 Å². The van der Waals surface area contributed by atoms with E-state index in [4.69, 9.17) is 9.47 Å². The Kier molecular flexibility index (Phi) is 4.76. The molecule has 0 atom stereocenters. The van der Waals surface area contributed by atoms with Crippen molar-refractivity contribution >= 4 is 39.0 Å². The highest BCUT2D eigenvalue weighted by Crippen LogP contribution is 2.35. The third-order valence-corrected chi connectivity index (χ3v) is 6.48. The second-order valence-corrected chi connectivity index (χ2v) is 8.02. The van der Waals surface area contributed by atoms with Gasteiger partial charge in [0.1, 0.15) is 11.5 Å². The average Bonchev–Trinajstić information content (AvgIpc) is 2.71. The summed E-state index contributed by atoms with van der Waals surface area (Å²) in [5.41, 5.74) is 1.92. The number of hydrogen-bond donors (Lipinski definition) is 0. The van der Waals surface area contributed by atoms with Gasteiger partial charge in [-0.3, -0.25) is 9.59 Å². The quantitative estimate of drug-likeness (QED) is 0.599. The number of hydrogen-bond acceptors (Lipinski definition) is 6. The molecule has 0 bridgehead atoms. The molecule has 0 fully saturated rings. The highest BCUT2D eigenvalue weighted by molar-refractivity contribution is 8.02. The van der Waals surface area contributed by atoms with E-state index in [2.05, 4.69) is 0 Å². The van der Waals surface area contributed by atoms with Crippen molar-refractivity contribution in [3.63, 3.8) is 0 Å². The molecule has 2 aromatic carbocycles. The van der Waals surface area contributed by atoms with Crippen LogP contribution in [0.3, 0.4) is 0 Å². The first-order valence-electron chi connectivity index (χ1n) is 8.28. The van der Waals surface area contributed by atoms with Gasteiger partial charge in [-0.05, 0) is 52.8 Å². The lowest BCUT2D eigenvalue weighted by Gasteiger charge is -2.16. The largest absolute Gasteiger partial charge is 0.497 e. The van der Waals surface area contributed by atoms with Crippen molar-refractivity contribution in [2.24, 2.45) is 0 Å². The molecule has 0 aliphatic carbocycles. The molecule has 0 spiro atoms. The lowest BCUT2D eigenvalue weighted by Crippen LogP contribution is -2.16. The summed E-state index contributed by atoms with van der Waals surface area (Å²) in [6.45, 7) is 0. The van der Waals surface area contributed by atoms with Gasteiger partial charge in [-0.25, -0.2) is 0 Å². The maximum atomic E-state index is 13.0. The van der Waals surface area contributed by atoms with Crippen molar-refractivity contribution in [2.45, 2.75) is 11.3 Å². The zero-order chi connectivity index (χ0) is 19.0. The number of benzene rings is 2. The van der Waals surface area contributed by atoms with E-state index in [1.54, 1.807) is 20.3 Å². The van der Waals surface area contributed by atoms with E-state index in [9.17, 15) is 9.59 Å². The molecular formula is C21H16O4S2. The Balaban J connectivity index is 1.68. The minimum absolute atomic E-state index is 0.206. The minimum Gasteiger partial charge on any atom is -0.497 e. The van der Waals surface area contributed by atoms with Gasteiger partial charge in [0.25, 0.3) is 0 Å². The summed E-state index contributed by atoms with van der Waals surface area (Å²) in [6.07, 6.45) is 0.510. The second-order valence-electron chi connectivity index (χ2n) is 6.09. The van der Waals surface area contributed by atoms with Crippen molar-refractivity contribution in [1.82, 2.24) is 0 Å². The van der Waals surface area contributed by atoms with E-state index in [0.717, 1.165) is 37.6 Å². The number of ketones is 1. The molecule has 0 saturated carbocycles. The van der Waals surface area contributed by atoms with Crippen LogP contribution >= 0.6 is 23.1 Å². The monoisotopic (exact) mass is 396 g/mol. The number of allylic oxidation sites excluding steroid dienone is 1. The van der Waals surface area contributed by atoms with Gasteiger partial charge in [-0.15, -0.1) is 0 Å². The molecule has 2 heterocycles. The maximum Gasteiger partial charge on any atom is 0.244 e. The fourth-order valence-electron chi connectivity index (χ4n) is 2.98. The van der Waals surface area contributed by atoms with E-state index in [-0.39, 0.29) is 16.1 Å². The van der Waals surface area contributed by atoms with Crippen molar-refractivity contribution in [2.75, 3.05) is 14.2 Å². The number of methoxy groups -OCH3 is 2. The highest BCUT2D eigenvalue weighted by Gasteiger charge is 2.21. The van der Waals surface area contributed by atoms with Gasteiger partial charge >= 0.3 is 0 Å². The van der Waals surface area contributed by atoms with Gasteiger partial charge in [-0.1, -0.05) is 29.2 Å². The van der Waals surface area contributed by atoms with Gasteiger partial charge in [0.2, 0.25) is 4.74 Å². The van der Waals surface area contributed by atoms with Crippen molar-refractivity contribution in [3.05, 3.63) is 74.1 Å². The molecule has 1 aliphatic heterocycles. The van der Waals surface area contributed by atoms with Gasteiger partial charge in [0.05, 0.1) is 19.8 Å². The lowest BCUT2D eigenvalue weighted by molar-refractivity contribution is 0.103. The van der Waals surface area contributed by atoms with Gasteiger partial charge in [-0.2, -0.15) is 0 Å². The Bertz CT molecular complexity index is 1140. The summed E-state index contributed by atoms with van der Waals surface area (Å²) in [5.74, 6) is 1.27. The molecule has 0 amide bonds. The number of rotatable bonds is 4. The molecule has 3 aromatic rings. The van der Waals surface area contributed by atoms with Crippen LogP contribution in [0.4, 0.5) is 0 Å². The summed E-state index contributed by atoms with van der Waals surface area (Å²) in [7, 11) is 3.22. The molecule has 4 rings (SSSR count). The van der Waals surface area contributed by atoms with Crippen molar-refractivity contribution in [3.8, 4) is 11.5 Å². The van der Waals surface area contributed by atoms with E-state index in [1.807, 2.05) is 41.8 Å².